The van der Waals surface area contributed by atoms with Crippen LogP contribution in [0, 0.1) is 5.92 Å². The van der Waals surface area contributed by atoms with Crippen molar-refractivity contribution >= 4 is 11.9 Å². The van der Waals surface area contributed by atoms with Crippen molar-refractivity contribution in [1.82, 2.24) is 24.8 Å². The third kappa shape index (κ3) is 6.62. The smallest absolute Gasteiger partial charge is 0.336 e. The molecule has 0 saturated heterocycles. The standard InChI is InChI=1S/C24H35N5O5/c1-17-12-28(18(2)15-30)23(31)9-6-10-29-20(11-25-26-29)16-34-22(17)14-27(3)13-19-7-4-5-8-21(19)24(32)33/h4-5,7-8,11,17-18,22,30H,6,9-10,12-16H2,1-3H3,(H,32,33)/t17-,18+,22-/m0/s1. The van der Waals surface area contributed by atoms with Gasteiger partial charge in [0.2, 0.25) is 5.91 Å². The largest absolute Gasteiger partial charge is 0.478 e. The van der Waals surface area contributed by atoms with Crippen LogP contribution in [0.3, 0.4) is 0 Å². The van der Waals surface area contributed by atoms with Crippen LogP contribution in [0.1, 0.15) is 48.3 Å². The predicted octanol–water partition coefficient (Wildman–Crippen LogP) is 1.63. The first-order chi connectivity index (χ1) is 16.3. The van der Waals surface area contributed by atoms with Gasteiger partial charge in [-0.1, -0.05) is 30.3 Å². The van der Waals surface area contributed by atoms with Crippen LogP contribution in [0.15, 0.2) is 30.5 Å². The van der Waals surface area contributed by atoms with Gasteiger partial charge in [0.1, 0.15) is 0 Å². The number of amides is 1. The van der Waals surface area contributed by atoms with Gasteiger partial charge in [-0.25, -0.2) is 9.48 Å². The van der Waals surface area contributed by atoms with E-state index in [4.69, 9.17) is 4.74 Å². The molecular formula is C24H35N5O5. The number of likely N-dealkylation sites (N-methyl/N-ethyl adjacent to an activating group) is 1. The third-order valence-corrected chi connectivity index (χ3v) is 6.32. The molecule has 186 valence electrons. The minimum atomic E-state index is -0.951. The highest BCUT2D eigenvalue weighted by atomic mass is 16.5. The summed E-state index contributed by atoms with van der Waals surface area (Å²) in [5, 5.41) is 27.3. The number of nitrogens with zero attached hydrogens (tertiary/aromatic N) is 5. The molecule has 0 bridgehead atoms. The Morgan fingerprint density at radius 1 is 1.35 bits per heavy atom. The van der Waals surface area contributed by atoms with Gasteiger partial charge < -0.3 is 19.8 Å². The lowest BCUT2D eigenvalue weighted by atomic mass is 10.0. The number of carbonyl (C=O) groups is 2. The van der Waals surface area contributed by atoms with Gasteiger partial charge >= 0.3 is 5.97 Å². The lowest BCUT2D eigenvalue weighted by Crippen LogP contribution is -2.47. The predicted molar refractivity (Wildman–Crippen MR) is 125 cm³/mol. The van der Waals surface area contributed by atoms with Crippen LogP contribution in [-0.4, -0.2) is 85.8 Å². The maximum atomic E-state index is 13.0. The second-order valence-corrected chi connectivity index (χ2v) is 9.12. The molecule has 0 spiro atoms. The molecule has 10 heteroatoms. The van der Waals surface area contributed by atoms with E-state index in [0.717, 1.165) is 11.3 Å². The number of aromatic nitrogens is 3. The Bertz CT molecular complexity index is 965. The van der Waals surface area contributed by atoms with Crippen LogP contribution in [0.25, 0.3) is 0 Å². The highest BCUT2D eigenvalue weighted by Gasteiger charge is 2.28. The van der Waals surface area contributed by atoms with Crippen molar-refractivity contribution in [3.63, 3.8) is 0 Å². The van der Waals surface area contributed by atoms with Gasteiger partial charge in [-0.15, -0.1) is 5.10 Å². The number of ether oxygens (including phenoxy) is 1. The van der Waals surface area contributed by atoms with Gasteiger partial charge in [0.25, 0.3) is 0 Å². The van der Waals surface area contributed by atoms with Crippen molar-refractivity contribution in [1.29, 1.82) is 0 Å². The molecule has 0 fully saturated rings. The molecule has 0 radical (unpaired) electrons. The quantitative estimate of drug-likeness (QED) is 0.623. The Morgan fingerprint density at radius 2 is 2.12 bits per heavy atom. The molecule has 0 aliphatic carbocycles. The number of carboxylic acid groups (broad SMARTS) is 1. The fraction of sp³-hybridized carbons (Fsp3) is 0.583. The minimum absolute atomic E-state index is 0.00173. The van der Waals surface area contributed by atoms with Crippen molar-refractivity contribution in [3.05, 3.63) is 47.3 Å². The Hall–Kier alpha value is -2.82. The lowest BCUT2D eigenvalue weighted by Gasteiger charge is -2.35. The number of rotatable bonds is 7. The van der Waals surface area contributed by atoms with Crippen LogP contribution < -0.4 is 0 Å². The molecule has 34 heavy (non-hydrogen) atoms. The summed E-state index contributed by atoms with van der Waals surface area (Å²) in [6.07, 6.45) is 2.44. The molecule has 1 aliphatic heterocycles. The summed E-state index contributed by atoms with van der Waals surface area (Å²) in [5.74, 6) is -0.982. The summed E-state index contributed by atoms with van der Waals surface area (Å²) in [4.78, 5) is 28.3. The number of aromatic carboxylic acids is 1. The van der Waals surface area contributed by atoms with Gasteiger partial charge in [0.15, 0.2) is 0 Å². The van der Waals surface area contributed by atoms with E-state index in [1.807, 2.05) is 37.9 Å². The summed E-state index contributed by atoms with van der Waals surface area (Å²) < 4.78 is 8.10. The SMILES string of the molecule is C[C@H](CO)N1C[C@H](C)[C@H](CN(C)Cc2ccccc2C(=O)O)OCc2cnnn2CCCC1=O. The van der Waals surface area contributed by atoms with Crippen LogP contribution in [0.2, 0.25) is 0 Å². The van der Waals surface area contributed by atoms with Crippen molar-refractivity contribution in [2.24, 2.45) is 5.92 Å². The Labute approximate surface area is 200 Å². The molecule has 3 rings (SSSR count). The van der Waals surface area contributed by atoms with Gasteiger partial charge in [0, 0.05) is 38.5 Å². The molecule has 1 aromatic carbocycles. The maximum Gasteiger partial charge on any atom is 0.336 e. The lowest BCUT2D eigenvalue weighted by molar-refractivity contribution is -0.136. The van der Waals surface area contributed by atoms with Crippen molar-refractivity contribution in [3.8, 4) is 0 Å². The number of aryl methyl sites for hydroxylation is 1. The molecule has 2 N–H and O–H groups in total. The van der Waals surface area contributed by atoms with Crippen LogP contribution in [-0.2, 0) is 29.2 Å². The number of fused-ring (bicyclic) bond motifs is 1. The van der Waals surface area contributed by atoms with Crippen molar-refractivity contribution < 1.29 is 24.5 Å². The zero-order valence-electron chi connectivity index (χ0n) is 20.1. The van der Waals surface area contributed by atoms with Gasteiger partial charge in [-0.3, -0.25) is 9.69 Å². The molecule has 3 atom stereocenters. The molecule has 10 nitrogen and oxygen atoms in total. The van der Waals surface area contributed by atoms with Crippen molar-refractivity contribution in [2.45, 2.75) is 58.5 Å². The second-order valence-electron chi connectivity index (χ2n) is 9.12. The summed E-state index contributed by atoms with van der Waals surface area (Å²) in [7, 11) is 1.93. The summed E-state index contributed by atoms with van der Waals surface area (Å²) in [5.41, 5.74) is 1.86. The fourth-order valence-corrected chi connectivity index (χ4v) is 4.28. The highest BCUT2D eigenvalue weighted by molar-refractivity contribution is 5.89. The van der Waals surface area contributed by atoms with Crippen LogP contribution >= 0.6 is 0 Å². The van der Waals surface area contributed by atoms with Crippen LogP contribution in [0.4, 0.5) is 0 Å². The second kappa shape index (κ2) is 12.0. The van der Waals surface area contributed by atoms with E-state index in [1.165, 1.54) is 0 Å². The fourth-order valence-electron chi connectivity index (χ4n) is 4.28. The number of carbonyl (C=O) groups excluding carboxylic acids is 1. The van der Waals surface area contributed by atoms with E-state index in [1.54, 1.807) is 27.9 Å². The topological polar surface area (TPSA) is 121 Å². The molecule has 0 saturated carbocycles. The van der Waals surface area contributed by atoms with Gasteiger partial charge in [-0.05, 0) is 32.0 Å². The first kappa shape index (κ1) is 25.8. The Balaban J connectivity index is 1.80. The normalized spacial score (nSPS) is 21.0. The average molecular weight is 474 g/mol. The molecule has 1 amide bonds. The van der Waals surface area contributed by atoms with E-state index in [0.29, 0.717) is 45.6 Å². The number of carboxylic acids is 1. The first-order valence-electron chi connectivity index (χ1n) is 11.7. The highest BCUT2D eigenvalue weighted by Crippen LogP contribution is 2.19. The number of aliphatic hydroxyl groups is 1. The van der Waals surface area contributed by atoms with E-state index in [9.17, 15) is 19.8 Å². The summed E-state index contributed by atoms with van der Waals surface area (Å²) >= 11 is 0. The minimum Gasteiger partial charge on any atom is -0.478 e. The average Bonchev–Trinajstić information content (AvgIpc) is 3.26. The Kier molecular flexibility index (Phi) is 9.14. The molecule has 1 aromatic heterocycles. The number of hydrogen-bond acceptors (Lipinski definition) is 7. The van der Waals surface area contributed by atoms with Crippen LogP contribution in [0.5, 0.6) is 0 Å². The summed E-state index contributed by atoms with van der Waals surface area (Å²) in [6, 6.07) is 6.68. The molecule has 0 unspecified atom stereocenters. The van der Waals surface area contributed by atoms with Gasteiger partial charge in [0.05, 0.1) is 42.8 Å². The van der Waals surface area contributed by atoms with E-state index in [-0.39, 0.29) is 36.1 Å². The number of hydrogen-bond donors (Lipinski definition) is 2. The van der Waals surface area contributed by atoms with E-state index in [2.05, 4.69) is 10.3 Å². The number of benzene rings is 1. The third-order valence-electron chi connectivity index (χ3n) is 6.32. The monoisotopic (exact) mass is 473 g/mol. The Morgan fingerprint density at radius 3 is 2.85 bits per heavy atom. The zero-order chi connectivity index (χ0) is 24.7. The number of aliphatic hydroxyl groups excluding tert-OH is 1. The van der Waals surface area contributed by atoms with Gasteiger partial charge in [-0.2, -0.15) is 0 Å². The first-order valence-corrected chi connectivity index (χ1v) is 11.7. The van der Waals surface area contributed by atoms with Crippen molar-refractivity contribution in [2.75, 3.05) is 26.7 Å². The van der Waals surface area contributed by atoms with E-state index < -0.39 is 5.97 Å². The molecule has 2 aromatic rings. The molecular weight excluding hydrogens is 438 g/mol. The summed E-state index contributed by atoms with van der Waals surface area (Å²) in [6.45, 7) is 6.12. The molecule has 2 heterocycles. The maximum absolute atomic E-state index is 13.0. The zero-order valence-corrected chi connectivity index (χ0v) is 20.1. The molecule has 1 aliphatic rings. The van der Waals surface area contributed by atoms with E-state index >= 15 is 0 Å².